The molecule has 0 atom stereocenters. The molecule has 0 radical (unpaired) electrons. The minimum atomic E-state index is -4.99. The lowest BCUT2D eigenvalue weighted by molar-refractivity contribution is -0.116. The maximum absolute atomic E-state index is 12.1. The summed E-state index contributed by atoms with van der Waals surface area (Å²) in [6.45, 7) is 2.23. The topological polar surface area (TPSA) is 144 Å². The first kappa shape index (κ1) is 30.5. The molecule has 0 saturated carbocycles. The Morgan fingerprint density at radius 3 is 1.35 bits per heavy atom. The molecule has 0 fully saturated rings. The molecular formula is C24H39NO7S2-2. The molecule has 0 bridgehead atoms. The molecule has 196 valence electrons. The van der Waals surface area contributed by atoms with E-state index in [2.05, 4.69) is 12.2 Å². The van der Waals surface area contributed by atoms with Crippen LogP contribution in [-0.4, -0.2) is 31.8 Å². The van der Waals surface area contributed by atoms with E-state index >= 15 is 0 Å². The van der Waals surface area contributed by atoms with Gasteiger partial charge < -0.3 is 14.4 Å². The normalized spacial score (nSPS) is 12.1. The summed E-state index contributed by atoms with van der Waals surface area (Å²) in [6, 6.07) is 2.19. The van der Waals surface area contributed by atoms with E-state index in [9.17, 15) is 30.7 Å². The van der Waals surface area contributed by atoms with Crippen molar-refractivity contribution < 1.29 is 30.7 Å². The Bertz CT molecular complexity index is 894. The number of rotatable bonds is 19. The second kappa shape index (κ2) is 16.2. The Morgan fingerprint density at radius 1 is 0.647 bits per heavy atom. The predicted octanol–water partition coefficient (Wildman–Crippen LogP) is 5.69. The van der Waals surface area contributed by atoms with Gasteiger partial charge in [0, 0.05) is 12.1 Å². The average Bonchev–Trinajstić information content (AvgIpc) is 2.75. The van der Waals surface area contributed by atoms with E-state index in [1.54, 1.807) is 0 Å². The van der Waals surface area contributed by atoms with Gasteiger partial charge in [0.15, 0.2) is 0 Å². The average molecular weight is 518 g/mol. The molecule has 1 amide bonds. The third-order valence-corrected chi connectivity index (χ3v) is 7.37. The maximum atomic E-state index is 12.1. The summed E-state index contributed by atoms with van der Waals surface area (Å²) in [4.78, 5) is 10.3. The lowest BCUT2D eigenvalue weighted by Crippen LogP contribution is -2.13. The van der Waals surface area contributed by atoms with Crippen molar-refractivity contribution in [1.82, 2.24) is 0 Å². The molecule has 1 aromatic rings. The third-order valence-electron chi connectivity index (χ3n) is 5.75. The molecule has 1 rings (SSSR count). The lowest BCUT2D eigenvalue weighted by Gasteiger charge is -2.15. The van der Waals surface area contributed by atoms with Crippen LogP contribution in [0.3, 0.4) is 0 Å². The first-order valence-electron chi connectivity index (χ1n) is 12.4. The molecule has 0 saturated heterocycles. The fourth-order valence-corrected chi connectivity index (χ4v) is 4.97. The first-order valence-corrected chi connectivity index (χ1v) is 15.2. The predicted molar refractivity (Wildman–Crippen MR) is 131 cm³/mol. The van der Waals surface area contributed by atoms with Gasteiger partial charge in [0.25, 0.3) is 0 Å². The highest BCUT2D eigenvalue weighted by Gasteiger charge is 2.12. The molecule has 1 aromatic carbocycles. The Morgan fingerprint density at radius 2 is 1.00 bits per heavy atom. The van der Waals surface area contributed by atoms with Gasteiger partial charge in [-0.25, -0.2) is 16.8 Å². The molecular weight excluding hydrogens is 478 g/mol. The van der Waals surface area contributed by atoms with Crippen LogP contribution in [0.5, 0.6) is 0 Å². The summed E-state index contributed by atoms with van der Waals surface area (Å²) in [5.41, 5.74) is -0.211. The number of anilines is 1. The van der Waals surface area contributed by atoms with Crippen LogP contribution in [0.4, 0.5) is 5.69 Å². The van der Waals surface area contributed by atoms with Gasteiger partial charge in [-0.2, -0.15) is 0 Å². The van der Waals surface area contributed by atoms with E-state index in [1.165, 1.54) is 70.6 Å². The van der Waals surface area contributed by atoms with Crippen LogP contribution < -0.4 is 5.32 Å². The van der Waals surface area contributed by atoms with Gasteiger partial charge in [-0.1, -0.05) is 96.8 Å². The highest BCUT2D eigenvalue weighted by Crippen LogP contribution is 2.22. The molecule has 10 heteroatoms. The fourth-order valence-electron chi connectivity index (χ4n) is 3.81. The number of benzene rings is 1. The summed E-state index contributed by atoms with van der Waals surface area (Å²) >= 11 is 0. The van der Waals surface area contributed by atoms with Gasteiger partial charge >= 0.3 is 0 Å². The Labute approximate surface area is 205 Å². The van der Waals surface area contributed by atoms with E-state index in [-0.39, 0.29) is 12.1 Å². The van der Waals surface area contributed by atoms with Gasteiger partial charge in [0.2, 0.25) is 5.91 Å². The Hall–Kier alpha value is -1.49. The molecule has 0 aliphatic rings. The minimum Gasteiger partial charge on any atom is -0.744 e. The zero-order chi connectivity index (χ0) is 25.5. The van der Waals surface area contributed by atoms with E-state index in [1.807, 2.05) is 0 Å². The van der Waals surface area contributed by atoms with E-state index < -0.39 is 35.9 Å². The monoisotopic (exact) mass is 517 g/mol. The molecule has 0 unspecified atom stereocenters. The third kappa shape index (κ3) is 14.0. The van der Waals surface area contributed by atoms with Gasteiger partial charge in [0.1, 0.15) is 20.2 Å². The van der Waals surface area contributed by atoms with Crippen molar-refractivity contribution in [2.45, 2.75) is 119 Å². The largest absolute Gasteiger partial charge is 0.744 e. The second-order valence-electron chi connectivity index (χ2n) is 8.85. The van der Waals surface area contributed by atoms with Crippen molar-refractivity contribution in [3.05, 3.63) is 18.2 Å². The standard InChI is InChI=1S/C24H41NO7S2/c1-2-3-4-5-6-7-8-9-10-11-12-13-14-15-16-17-24(26)25-21-18-22(33(27,28)29)20-23(19-21)34(30,31)32/h18-20H,2-17H2,1H3,(H,25,26)(H,27,28,29)(H,30,31,32)/p-2. The van der Waals surface area contributed by atoms with Crippen LogP contribution in [0.1, 0.15) is 110 Å². The molecule has 34 heavy (non-hydrogen) atoms. The highest BCUT2D eigenvalue weighted by molar-refractivity contribution is 7.86. The van der Waals surface area contributed by atoms with Crippen LogP contribution >= 0.6 is 0 Å². The molecule has 0 aliphatic carbocycles. The van der Waals surface area contributed by atoms with E-state index in [0.29, 0.717) is 12.5 Å². The number of carbonyl (C=O) groups excluding carboxylic acids is 1. The molecule has 8 nitrogen and oxygen atoms in total. The van der Waals surface area contributed by atoms with E-state index in [4.69, 9.17) is 0 Å². The number of carbonyl (C=O) groups is 1. The van der Waals surface area contributed by atoms with Crippen molar-refractivity contribution in [3.8, 4) is 0 Å². The molecule has 0 spiro atoms. The van der Waals surface area contributed by atoms with Crippen LogP contribution in [-0.2, 0) is 25.0 Å². The SMILES string of the molecule is CCCCCCCCCCCCCCCCCC(=O)Nc1cc(S(=O)(=O)[O-])cc(S(=O)(=O)[O-])c1. The Kier molecular flexibility index (Phi) is 14.6. The second-order valence-corrected chi connectivity index (χ2v) is 11.6. The number of unbranched alkanes of at least 4 members (excludes halogenated alkanes) is 14. The molecule has 0 heterocycles. The number of nitrogens with one attached hydrogen (secondary N) is 1. The quantitative estimate of drug-likeness (QED) is 0.183. The maximum Gasteiger partial charge on any atom is 0.224 e. The Balaban J connectivity index is 2.20. The van der Waals surface area contributed by atoms with Crippen molar-refractivity contribution >= 4 is 31.8 Å². The minimum absolute atomic E-state index is 0.173. The zero-order valence-electron chi connectivity index (χ0n) is 20.2. The van der Waals surface area contributed by atoms with Crippen LogP contribution in [0, 0.1) is 0 Å². The summed E-state index contributed by atoms with van der Waals surface area (Å²) in [7, 11) is -9.98. The van der Waals surface area contributed by atoms with Gasteiger partial charge in [0.05, 0.1) is 9.79 Å². The smallest absolute Gasteiger partial charge is 0.224 e. The lowest BCUT2D eigenvalue weighted by atomic mass is 10.0. The van der Waals surface area contributed by atoms with Crippen LogP contribution in [0.25, 0.3) is 0 Å². The number of hydrogen-bond donors (Lipinski definition) is 1. The summed E-state index contributed by atoms with van der Waals surface area (Å²) in [5, 5.41) is 2.37. The van der Waals surface area contributed by atoms with Crippen molar-refractivity contribution in [2.24, 2.45) is 0 Å². The summed E-state index contributed by atoms with van der Waals surface area (Å²) < 4.78 is 67.3. The van der Waals surface area contributed by atoms with Crippen molar-refractivity contribution in [1.29, 1.82) is 0 Å². The molecule has 0 aliphatic heterocycles. The van der Waals surface area contributed by atoms with Crippen LogP contribution in [0.2, 0.25) is 0 Å². The van der Waals surface area contributed by atoms with Crippen molar-refractivity contribution in [3.63, 3.8) is 0 Å². The molecule has 1 N–H and O–H groups in total. The summed E-state index contributed by atoms with van der Waals surface area (Å²) in [6.07, 6.45) is 18.2. The van der Waals surface area contributed by atoms with Crippen molar-refractivity contribution in [2.75, 3.05) is 5.32 Å². The first-order chi connectivity index (χ1) is 16.0. The molecule has 0 aromatic heterocycles. The highest BCUT2D eigenvalue weighted by atomic mass is 32.2. The van der Waals surface area contributed by atoms with Crippen LogP contribution in [0.15, 0.2) is 28.0 Å². The summed E-state index contributed by atoms with van der Waals surface area (Å²) in [5.74, 6) is -0.440. The van der Waals surface area contributed by atoms with Gasteiger partial charge in [-0.15, -0.1) is 0 Å². The van der Waals surface area contributed by atoms with Gasteiger partial charge in [-0.3, -0.25) is 4.79 Å². The zero-order valence-corrected chi connectivity index (χ0v) is 21.9. The van der Waals surface area contributed by atoms with Gasteiger partial charge in [-0.05, 0) is 24.6 Å². The number of hydrogen-bond acceptors (Lipinski definition) is 7. The number of amides is 1. The van der Waals surface area contributed by atoms with E-state index in [0.717, 1.165) is 31.4 Å². The fraction of sp³-hybridized carbons (Fsp3) is 0.708.